The molecule has 0 atom stereocenters. The van der Waals surface area contributed by atoms with Crippen molar-refractivity contribution >= 4 is 75.9 Å². The van der Waals surface area contributed by atoms with Gasteiger partial charge in [0.15, 0.2) is 5.78 Å². The maximum Gasteiger partial charge on any atom is 0.272 e. The fourth-order valence-electron chi connectivity index (χ4n) is 3.47. The van der Waals surface area contributed by atoms with Crippen LogP contribution in [-0.2, 0) is 4.79 Å². The zero-order chi connectivity index (χ0) is 27.8. The van der Waals surface area contributed by atoms with Crippen molar-refractivity contribution in [2.24, 2.45) is 0 Å². The summed E-state index contributed by atoms with van der Waals surface area (Å²) in [6.45, 7) is 0. The summed E-state index contributed by atoms with van der Waals surface area (Å²) in [6.07, 6.45) is 1.57. The molecule has 39 heavy (non-hydrogen) atoms. The quantitative estimate of drug-likeness (QED) is 0.117. The molecule has 0 spiro atoms. The molecule has 0 saturated heterocycles. The highest BCUT2D eigenvalue weighted by atomic mass is 35.5. The second kappa shape index (κ2) is 13.5. The van der Waals surface area contributed by atoms with Gasteiger partial charge in [-0.2, -0.15) is 0 Å². The van der Waals surface area contributed by atoms with Crippen molar-refractivity contribution < 1.29 is 14.4 Å². The van der Waals surface area contributed by atoms with E-state index in [0.717, 1.165) is 4.90 Å². The summed E-state index contributed by atoms with van der Waals surface area (Å²) in [7, 11) is 0. The maximum absolute atomic E-state index is 13.3. The Balaban J connectivity index is 1.49. The third-order valence-electron chi connectivity index (χ3n) is 5.40. The molecule has 9 heteroatoms. The van der Waals surface area contributed by atoms with Crippen molar-refractivity contribution in [2.75, 3.05) is 11.1 Å². The monoisotopic (exact) mass is 594 g/mol. The maximum atomic E-state index is 13.3. The average Bonchev–Trinajstić information content (AvgIpc) is 2.93. The fourth-order valence-corrected chi connectivity index (χ4v) is 4.95. The number of rotatable bonds is 9. The SMILES string of the molecule is O=C(Nc1cccc(SCC(=O)c2ccc(Cl)cc2Cl)c1)/C(=C/c1ccc(Cl)cc1)NC(=O)c1ccccc1. The van der Waals surface area contributed by atoms with Gasteiger partial charge in [0.2, 0.25) is 0 Å². The largest absolute Gasteiger partial charge is 0.321 e. The number of anilines is 1. The van der Waals surface area contributed by atoms with Gasteiger partial charge in [0.1, 0.15) is 5.70 Å². The molecule has 5 nitrogen and oxygen atoms in total. The number of hydrogen-bond acceptors (Lipinski definition) is 4. The van der Waals surface area contributed by atoms with E-state index in [2.05, 4.69) is 10.6 Å². The van der Waals surface area contributed by atoms with Crippen molar-refractivity contribution in [2.45, 2.75) is 4.90 Å². The molecule has 0 heterocycles. The Bertz CT molecular complexity index is 1540. The molecule has 0 aromatic heterocycles. The van der Waals surface area contributed by atoms with E-state index in [4.69, 9.17) is 34.8 Å². The van der Waals surface area contributed by atoms with E-state index in [1.54, 1.807) is 91.0 Å². The van der Waals surface area contributed by atoms with Gasteiger partial charge < -0.3 is 10.6 Å². The van der Waals surface area contributed by atoms with Crippen LogP contribution in [0.5, 0.6) is 0 Å². The molecule has 0 fully saturated rings. The van der Waals surface area contributed by atoms with E-state index in [1.807, 2.05) is 6.07 Å². The number of benzene rings is 4. The van der Waals surface area contributed by atoms with E-state index in [0.29, 0.717) is 37.4 Å². The van der Waals surface area contributed by atoms with Gasteiger partial charge in [-0.15, -0.1) is 11.8 Å². The number of ketones is 1. The van der Waals surface area contributed by atoms with Gasteiger partial charge in [-0.25, -0.2) is 0 Å². The zero-order valence-corrected chi connectivity index (χ0v) is 23.4. The summed E-state index contributed by atoms with van der Waals surface area (Å²) in [5.41, 5.74) is 2.04. The molecular formula is C30H21Cl3N2O3S. The number of thioether (sulfide) groups is 1. The van der Waals surface area contributed by atoms with Crippen LogP contribution in [0.4, 0.5) is 5.69 Å². The first kappa shape index (κ1) is 28.5. The zero-order valence-electron chi connectivity index (χ0n) is 20.3. The van der Waals surface area contributed by atoms with Crippen LogP contribution in [-0.4, -0.2) is 23.4 Å². The summed E-state index contributed by atoms with van der Waals surface area (Å²) < 4.78 is 0. The predicted molar refractivity (Wildman–Crippen MR) is 160 cm³/mol. The molecule has 4 aromatic carbocycles. The van der Waals surface area contributed by atoms with Gasteiger partial charge in [-0.05, 0) is 72.3 Å². The Hall–Kier alpha value is -3.55. The Morgan fingerprint density at radius 1 is 0.769 bits per heavy atom. The molecular weight excluding hydrogens is 575 g/mol. The highest BCUT2D eigenvalue weighted by Gasteiger charge is 2.16. The summed E-state index contributed by atoms with van der Waals surface area (Å²) in [5, 5.41) is 6.83. The standard InChI is InChI=1S/C30H21Cl3N2O3S/c31-21-11-9-19(10-12-21)15-27(35-29(37)20-5-2-1-3-6-20)30(38)34-23-7-4-8-24(17-23)39-18-28(36)25-14-13-22(32)16-26(25)33/h1-17H,18H2,(H,34,38)(H,35,37)/b27-15-. The van der Waals surface area contributed by atoms with Crippen molar-refractivity contribution in [3.05, 3.63) is 135 Å². The Labute approximate surface area is 245 Å². The lowest BCUT2D eigenvalue weighted by molar-refractivity contribution is -0.113. The first-order valence-electron chi connectivity index (χ1n) is 11.6. The Morgan fingerprint density at radius 3 is 2.21 bits per heavy atom. The Kier molecular flexibility index (Phi) is 9.85. The topological polar surface area (TPSA) is 75.3 Å². The van der Waals surface area contributed by atoms with Crippen molar-refractivity contribution in [1.29, 1.82) is 0 Å². The minimum Gasteiger partial charge on any atom is -0.321 e. The minimum atomic E-state index is -0.514. The first-order valence-corrected chi connectivity index (χ1v) is 13.8. The summed E-state index contributed by atoms with van der Waals surface area (Å²) in [5.74, 6) is -0.934. The molecule has 0 bridgehead atoms. The highest BCUT2D eigenvalue weighted by molar-refractivity contribution is 8.00. The van der Waals surface area contributed by atoms with Gasteiger partial charge >= 0.3 is 0 Å². The first-order chi connectivity index (χ1) is 18.8. The van der Waals surface area contributed by atoms with Gasteiger partial charge in [0, 0.05) is 31.8 Å². The van der Waals surface area contributed by atoms with E-state index in [-0.39, 0.29) is 17.2 Å². The van der Waals surface area contributed by atoms with Gasteiger partial charge in [0.05, 0.1) is 10.8 Å². The van der Waals surface area contributed by atoms with E-state index in [1.165, 1.54) is 17.8 Å². The Morgan fingerprint density at radius 2 is 1.49 bits per heavy atom. The van der Waals surface area contributed by atoms with Crippen molar-refractivity contribution in [3.63, 3.8) is 0 Å². The fraction of sp³-hybridized carbons (Fsp3) is 0.0333. The molecule has 2 N–H and O–H groups in total. The second-order valence-corrected chi connectivity index (χ2v) is 10.6. The van der Waals surface area contributed by atoms with Crippen molar-refractivity contribution in [3.8, 4) is 0 Å². The molecule has 4 rings (SSSR count). The number of hydrogen-bond donors (Lipinski definition) is 2. The van der Waals surface area contributed by atoms with Gasteiger partial charge in [-0.3, -0.25) is 14.4 Å². The average molecular weight is 596 g/mol. The van der Waals surface area contributed by atoms with Crippen LogP contribution in [0.15, 0.2) is 108 Å². The number of Topliss-reactive ketones (excluding diaryl/α,β-unsaturated/α-hetero) is 1. The molecule has 4 aromatic rings. The number of carbonyl (C=O) groups is 3. The number of halogens is 3. The normalized spacial score (nSPS) is 11.1. The van der Waals surface area contributed by atoms with E-state index in [9.17, 15) is 14.4 Å². The molecule has 0 saturated carbocycles. The summed E-state index contributed by atoms with van der Waals surface area (Å²) in [4.78, 5) is 39.5. The van der Waals surface area contributed by atoms with E-state index < -0.39 is 11.8 Å². The second-order valence-electron chi connectivity index (χ2n) is 8.25. The molecule has 0 unspecified atom stereocenters. The molecule has 2 amide bonds. The highest BCUT2D eigenvalue weighted by Crippen LogP contribution is 2.26. The molecule has 196 valence electrons. The number of nitrogens with one attached hydrogen (secondary N) is 2. The number of carbonyl (C=O) groups excluding carboxylic acids is 3. The minimum absolute atomic E-state index is 0.0526. The van der Waals surface area contributed by atoms with Gasteiger partial charge in [-0.1, -0.05) is 71.2 Å². The third kappa shape index (κ3) is 8.22. The molecule has 0 aliphatic heterocycles. The smallest absolute Gasteiger partial charge is 0.272 e. The lowest BCUT2D eigenvalue weighted by atomic mass is 10.1. The lowest BCUT2D eigenvalue weighted by Crippen LogP contribution is -2.30. The summed E-state index contributed by atoms with van der Waals surface area (Å²) in [6, 6.07) is 27.3. The van der Waals surface area contributed by atoms with Gasteiger partial charge in [0.25, 0.3) is 11.8 Å². The third-order valence-corrected chi connectivity index (χ3v) is 7.20. The van der Waals surface area contributed by atoms with Crippen molar-refractivity contribution in [1.82, 2.24) is 5.32 Å². The lowest BCUT2D eigenvalue weighted by Gasteiger charge is -2.12. The van der Waals surface area contributed by atoms with Crippen LogP contribution in [0.3, 0.4) is 0 Å². The van der Waals surface area contributed by atoms with Crippen LogP contribution >= 0.6 is 46.6 Å². The summed E-state index contributed by atoms with van der Waals surface area (Å²) >= 11 is 19.4. The van der Waals surface area contributed by atoms with Crippen LogP contribution in [0.1, 0.15) is 26.3 Å². The van der Waals surface area contributed by atoms with E-state index >= 15 is 0 Å². The predicted octanol–water partition coefficient (Wildman–Crippen LogP) is 8.03. The van der Waals surface area contributed by atoms with Crippen LogP contribution in [0.2, 0.25) is 15.1 Å². The van der Waals surface area contributed by atoms with Crippen LogP contribution < -0.4 is 10.6 Å². The van der Waals surface area contributed by atoms with Crippen LogP contribution in [0, 0.1) is 0 Å². The molecule has 0 aliphatic rings. The molecule has 0 aliphatic carbocycles. The number of amides is 2. The molecule has 0 radical (unpaired) electrons. The van der Waals surface area contributed by atoms with Crippen LogP contribution in [0.25, 0.3) is 6.08 Å².